The molecule has 1 aromatic carbocycles. The molecule has 1 aliphatic heterocycles. The van der Waals surface area contributed by atoms with Crippen LogP contribution in [0.1, 0.15) is 48.5 Å². The molecule has 1 aliphatic rings. The maximum absolute atomic E-state index is 12.0. The van der Waals surface area contributed by atoms with E-state index in [-0.39, 0.29) is 41.1 Å². The van der Waals surface area contributed by atoms with Crippen LogP contribution in [0.4, 0.5) is 0 Å². The van der Waals surface area contributed by atoms with E-state index >= 15 is 0 Å². The summed E-state index contributed by atoms with van der Waals surface area (Å²) >= 11 is 0. The van der Waals surface area contributed by atoms with Gasteiger partial charge in [-0.05, 0) is 36.0 Å². The van der Waals surface area contributed by atoms with E-state index in [1.807, 2.05) is 13.8 Å². The predicted molar refractivity (Wildman–Crippen MR) is 89.2 cm³/mol. The summed E-state index contributed by atoms with van der Waals surface area (Å²) in [5.41, 5.74) is 5.45. The van der Waals surface area contributed by atoms with Crippen molar-refractivity contribution in [2.45, 2.75) is 32.6 Å². The molecule has 1 atom stereocenters. The first-order chi connectivity index (χ1) is 11.2. The molecule has 1 saturated heterocycles. The minimum Gasteiger partial charge on any atom is -0.507 e. The van der Waals surface area contributed by atoms with Crippen molar-refractivity contribution >= 4 is 21.7 Å². The van der Waals surface area contributed by atoms with Crippen LogP contribution in [0.3, 0.4) is 0 Å². The molecule has 0 bridgehead atoms. The molecule has 24 heavy (non-hydrogen) atoms. The third kappa shape index (κ3) is 4.70. The molecule has 0 aromatic heterocycles. The Bertz CT molecular complexity index is 743. The second-order valence-corrected chi connectivity index (χ2v) is 8.64. The number of rotatable bonds is 4. The van der Waals surface area contributed by atoms with E-state index in [4.69, 9.17) is 0 Å². The third-order valence-electron chi connectivity index (χ3n) is 4.05. The maximum Gasteiger partial charge on any atom is 0.273 e. The van der Waals surface area contributed by atoms with E-state index in [9.17, 15) is 23.1 Å². The maximum atomic E-state index is 12.0. The highest BCUT2D eigenvalue weighted by atomic mass is 32.2. The SMILES string of the molecule is CC(C)c1ccc(C(=O)NNC(=O)CC2CCS(=O)(=O)C2)c(O)c1. The summed E-state index contributed by atoms with van der Waals surface area (Å²) in [6, 6.07) is 4.75. The van der Waals surface area contributed by atoms with Crippen molar-refractivity contribution in [1.29, 1.82) is 0 Å². The highest BCUT2D eigenvalue weighted by Crippen LogP contribution is 2.24. The van der Waals surface area contributed by atoms with Gasteiger partial charge in [0.1, 0.15) is 5.75 Å². The van der Waals surface area contributed by atoms with Crippen molar-refractivity contribution in [3.05, 3.63) is 29.3 Å². The van der Waals surface area contributed by atoms with Crippen LogP contribution in [-0.4, -0.2) is 36.8 Å². The summed E-state index contributed by atoms with van der Waals surface area (Å²) in [6.07, 6.45) is 0.499. The van der Waals surface area contributed by atoms with E-state index in [1.165, 1.54) is 12.1 Å². The average Bonchev–Trinajstić information content (AvgIpc) is 2.83. The molecule has 0 aliphatic carbocycles. The third-order valence-corrected chi connectivity index (χ3v) is 5.89. The lowest BCUT2D eigenvalue weighted by Crippen LogP contribution is -2.42. The molecule has 1 aromatic rings. The van der Waals surface area contributed by atoms with Gasteiger partial charge in [-0.3, -0.25) is 20.4 Å². The van der Waals surface area contributed by atoms with Crippen LogP contribution in [0.15, 0.2) is 18.2 Å². The minimum atomic E-state index is -3.03. The normalized spacial score (nSPS) is 19.2. The van der Waals surface area contributed by atoms with E-state index in [1.54, 1.807) is 6.07 Å². The van der Waals surface area contributed by atoms with Crippen LogP contribution in [0.5, 0.6) is 5.75 Å². The van der Waals surface area contributed by atoms with Gasteiger partial charge in [0.15, 0.2) is 9.84 Å². The molecular formula is C16H22N2O5S. The summed E-state index contributed by atoms with van der Waals surface area (Å²) < 4.78 is 22.7. The van der Waals surface area contributed by atoms with Crippen LogP contribution >= 0.6 is 0 Å². The Kier molecular flexibility index (Phi) is 5.48. The molecule has 2 rings (SSSR count). The molecule has 7 nitrogen and oxygen atoms in total. The molecule has 0 saturated carbocycles. The van der Waals surface area contributed by atoms with Gasteiger partial charge in [0.25, 0.3) is 5.91 Å². The zero-order valence-corrected chi connectivity index (χ0v) is 14.5. The number of phenols is 1. The first-order valence-corrected chi connectivity index (χ1v) is 9.62. The molecule has 2 amide bonds. The van der Waals surface area contributed by atoms with Crippen molar-refractivity contribution in [2.75, 3.05) is 11.5 Å². The molecular weight excluding hydrogens is 332 g/mol. The Morgan fingerprint density at radius 3 is 2.54 bits per heavy atom. The van der Waals surface area contributed by atoms with Crippen LogP contribution < -0.4 is 10.9 Å². The largest absolute Gasteiger partial charge is 0.507 e. The molecule has 3 N–H and O–H groups in total. The standard InChI is InChI=1S/C16H22N2O5S/c1-10(2)12-3-4-13(14(19)8-12)16(21)18-17-15(20)7-11-5-6-24(22,23)9-11/h3-4,8,10-11,19H,5-7,9H2,1-2H3,(H,17,20)(H,18,21). The monoisotopic (exact) mass is 354 g/mol. The van der Waals surface area contributed by atoms with Crippen molar-refractivity contribution in [3.63, 3.8) is 0 Å². The minimum absolute atomic E-state index is 0.00577. The van der Waals surface area contributed by atoms with Crippen molar-refractivity contribution < 1.29 is 23.1 Å². The number of hydrogen-bond acceptors (Lipinski definition) is 5. The van der Waals surface area contributed by atoms with Gasteiger partial charge in [-0.1, -0.05) is 19.9 Å². The fourth-order valence-corrected chi connectivity index (χ4v) is 4.50. The van der Waals surface area contributed by atoms with Crippen molar-refractivity contribution in [2.24, 2.45) is 5.92 Å². The fraction of sp³-hybridized carbons (Fsp3) is 0.500. The average molecular weight is 354 g/mol. The van der Waals surface area contributed by atoms with Crippen LogP contribution in [0, 0.1) is 5.92 Å². The summed E-state index contributed by atoms with van der Waals surface area (Å²) in [4.78, 5) is 23.8. The van der Waals surface area contributed by atoms with E-state index < -0.39 is 21.7 Å². The smallest absolute Gasteiger partial charge is 0.273 e. The number of carbonyl (C=O) groups is 2. The van der Waals surface area contributed by atoms with Crippen LogP contribution in [0.25, 0.3) is 0 Å². The zero-order valence-electron chi connectivity index (χ0n) is 13.7. The zero-order chi connectivity index (χ0) is 17.9. The fourth-order valence-electron chi connectivity index (χ4n) is 2.64. The van der Waals surface area contributed by atoms with E-state index in [2.05, 4.69) is 10.9 Å². The van der Waals surface area contributed by atoms with E-state index in [0.717, 1.165) is 5.56 Å². The van der Waals surface area contributed by atoms with Gasteiger partial charge in [0, 0.05) is 6.42 Å². The highest BCUT2D eigenvalue weighted by molar-refractivity contribution is 7.91. The van der Waals surface area contributed by atoms with Crippen molar-refractivity contribution in [3.8, 4) is 5.75 Å². The molecule has 0 radical (unpaired) electrons. The number of carbonyl (C=O) groups excluding carboxylic acids is 2. The predicted octanol–water partition coefficient (Wildman–Crippen LogP) is 1.10. The highest BCUT2D eigenvalue weighted by Gasteiger charge is 2.29. The first-order valence-electron chi connectivity index (χ1n) is 7.80. The van der Waals surface area contributed by atoms with Gasteiger partial charge in [0.05, 0.1) is 17.1 Å². The Morgan fingerprint density at radius 2 is 2.00 bits per heavy atom. The number of amides is 2. The number of aromatic hydroxyl groups is 1. The molecule has 0 spiro atoms. The lowest BCUT2D eigenvalue weighted by Gasteiger charge is -2.12. The number of benzene rings is 1. The number of hydrazine groups is 1. The second kappa shape index (κ2) is 7.21. The van der Waals surface area contributed by atoms with Gasteiger partial charge < -0.3 is 5.11 Å². The Hall–Kier alpha value is -2.09. The van der Waals surface area contributed by atoms with Crippen molar-refractivity contribution in [1.82, 2.24) is 10.9 Å². The number of nitrogens with one attached hydrogen (secondary N) is 2. The number of hydrogen-bond donors (Lipinski definition) is 3. The lowest BCUT2D eigenvalue weighted by atomic mass is 10.0. The van der Waals surface area contributed by atoms with Gasteiger partial charge in [0.2, 0.25) is 5.91 Å². The number of phenolic OH excluding ortho intramolecular Hbond substituents is 1. The Balaban J connectivity index is 1.88. The van der Waals surface area contributed by atoms with Gasteiger partial charge >= 0.3 is 0 Å². The van der Waals surface area contributed by atoms with Gasteiger partial charge in [-0.2, -0.15) is 0 Å². The van der Waals surface area contributed by atoms with Crippen LogP contribution in [-0.2, 0) is 14.6 Å². The lowest BCUT2D eigenvalue weighted by molar-refractivity contribution is -0.122. The summed E-state index contributed by atoms with van der Waals surface area (Å²) in [5, 5.41) is 9.92. The van der Waals surface area contributed by atoms with E-state index in [0.29, 0.717) is 6.42 Å². The molecule has 132 valence electrons. The Labute approximate surface area is 141 Å². The number of sulfone groups is 1. The molecule has 1 unspecified atom stereocenters. The van der Waals surface area contributed by atoms with Gasteiger partial charge in [-0.25, -0.2) is 8.42 Å². The Morgan fingerprint density at radius 1 is 1.29 bits per heavy atom. The molecule has 1 heterocycles. The quantitative estimate of drug-likeness (QED) is 0.701. The van der Waals surface area contributed by atoms with Crippen LogP contribution in [0.2, 0.25) is 0 Å². The van der Waals surface area contributed by atoms with Gasteiger partial charge in [-0.15, -0.1) is 0 Å². The molecule has 1 fully saturated rings. The topological polar surface area (TPSA) is 113 Å². The summed E-state index contributed by atoms with van der Waals surface area (Å²) in [6.45, 7) is 3.94. The first kappa shape index (κ1) is 18.3. The summed E-state index contributed by atoms with van der Waals surface area (Å²) in [5.74, 6) is -1.13. The molecule has 8 heteroatoms. The summed E-state index contributed by atoms with van der Waals surface area (Å²) in [7, 11) is -3.03. The second-order valence-electron chi connectivity index (χ2n) is 6.41.